The molecule has 0 spiro atoms. The van der Waals surface area contributed by atoms with Crippen molar-refractivity contribution in [2.45, 2.75) is 12.8 Å². The maximum Gasteiger partial charge on any atom is 0.0237 e. The minimum Gasteiger partial charge on any atom is -0.330 e. The van der Waals surface area contributed by atoms with Crippen molar-refractivity contribution in [2.24, 2.45) is 5.73 Å². The lowest BCUT2D eigenvalue weighted by Gasteiger charge is -2.22. The van der Waals surface area contributed by atoms with E-state index < -0.39 is 0 Å². The van der Waals surface area contributed by atoms with Crippen molar-refractivity contribution in [1.29, 1.82) is 0 Å². The molecule has 2 aromatic rings. The lowest BCUT2D eigenvalue weighted by Crippen LogP contribution is -2.30. The number of nitrogens with two attached hydrogens (primary N) is 1. The molecule has 0 atom stereocenters. The lowest BCUT2D eigenvalue weighted by molar-refractivity contribution is 0.309. The van der Waals surface area contributed by atoms with Gasteiger partial charge in [0.25, 0.3) is 0 Å². The van der Waals surface area contributed by atoms with Gasteiger partial charge in [-0.15, -0.1) is 0 Å². The third-order valence-corrected chi connectivity index (χ3v) is 9.15. The Labute approximate surface area is 226 Å². The van der Waals surface area contributed by atoms with Gasteiger partial charge < -0.3 is 10.6 Å². The second-order valence-corrected chi connectivity index (χ2v) is 12.8. The van der Waals surface area contributed by atoms with Crippen LogP contribution < -0.4 is 5.73 Å². The molecule has 2 rings (SSSR count). The highest BCUT2D eigenvalue weighted by molar-refractivity contribution is 14.1. The van der Waals surface area contributed by atoms with Gasteiger partial charge in [-0.3, -0.25) is 0 Å². The fourth-order valence-corrected chi connectivity index (χ4v) is 5.81. The van der Waals surface area contributed by atoms with Gasteiger partial charge in [0.05, 0.1) is 0 Å². The zero-order valence-electron chi connectivity index (χ0n) is 16.7. The largest absolute Gasteiger partial charge is 0.330 e. The first-order chi connectivity index (χ1) is 14.5. The van der Waals surface area contributed by atoms with Crippen molar-refractivity contribution < 1.29 is 0 Å². The summed E-state index contributed by atoms with van der Waals surface area (Å²) in [6, 6.07) is 17.0. The Kier molecular flexibility index (Phi) is 13.9. The Morgan fingerprint density at radius 2 is 1.17 bits per heavy atom. The number of benzene rings is 2. The number of rotatable bonds is 14. The quantitative estimate of drug-likeness (QED) is 0.0802. The Morgan fingerprint density at radius 1 is 0.733 bits per heavy atom. The molecule has 0 bridgehead atoms. The van der Waals surface area contributed by atoms with Crippen LogP contribution in [-0.2, 0) is 0 Å². The van der Waals surface area contributed by atoms with Crippen LogP contribution in [0.25, 0.3) is 0 Å². The van der Waals surface area contributed by atoms with Crippen LogP contribution in [-0.4, -0.2) is 52.3 Å². The number of nitrogens with zero attached hydrogens (tertiary/aromatic N) is 1. The molecular formula is C22H26I2N2S4. The molecule has 0 fully saturated rings. The van der Waals surface area contributed by atoms with Gasteiger partial charge in [-0.05, 0) is 93.4 Å². The molecule has 162 valence electrons. The topological polar surface area (TPSA) is 29.3 Å². The third-order valence-electron chi connectivity index (χ3n) is 4.42. The van der Waals surface area contributed by atoms with Crippen LogP contribution in [0.4, 0.5) is 0 Å². The van der Waals surface area contributed by atoms with Crippen molar-refractivity contribution >= 4 is 101 Å². The highest BCUT2D eigenvalue weighted by atomic mass is 127. The van der Waals surface area contributed by atoms with Crippen molar-refractivity contribution in [2.75, 3.05) is 37.7 Å². The van der Waals surface area contributed by atoms with Crippen molar-refractivity contribution in [3.8, 4) is 0 Å². The van der Waals surface area contributed by atoms with E-state index in [2.05, 4.69) is 98.6 Å². The summed E-state index contributed by atoms with van der Waals surface area (Å²) in [5.41, 5.74) is 7.91. The molecule has 2 nitrogen and oxygen atoms in total. The molecule has 0 aliphatic rings. The van der Waals surface area contributed by atoms with Crippen molar-refractivity contribution in [1.82, 2.24) is 4.90 Å². The Morgan fingerprint density at radius 3 is 1.60 bits per heavy atom. The molecule has 0 heterocycles. The molecule has 0 amide bonds. The van der Waals surface area contributed by atoms with E-state index >= 15 is 0 Å². The monoisotopic (exact) mass is 700 g/mol. The van der Waals surface area contributed by atoms with Crippen LogP contribution in [0.2, 0.25) is 0 Å². The summed E-state index contributed by atoms with van der Waals surface area (Å²) in [4.78, 5) is 4.55. The van der Waals surface area contributed by atoms with Crippen LogP contribution in [0.1, 0.15) is 24.0 Å². The molecule has 0 aliphatic carbocycles. The molecule has 2 N–H and O–H groups in total. The Hall–Kier alpha value is 0.700. The summed E-state index contributed by atoms with van der Waals surface area (Å²) < 4.78 is 2.47. The molecule has 2 aromatic carbocycles. The van der Waals surface area contributed by atoms with Crippen LogP contribution in [0.15, 0.2) is 48.5 Å². The second kappa shape index (κ2) is 15.5. The molecule has 0 saturated carbocycles. The molecule has 0 aromatic heterocycles. The molecule has 0 unspecified atom stereocenters. The standard InChI is InChI=1S/C22H26I2N2S4/c23-19-5-1-17(2-6-19)21(27)9-12-26(14-16-30-29-15-11-25)13-10-22(28)18-3-7-20(24)8-4-18/h1-8H,9-16,25H2. The van der Waals surface area contributed by atoms with E-state index in [1.165, 1.54) is 7.14 Å². The summed E-state index contributed by atoms with van der Waals surface area (Å²) in [5, 5.41) is 0. The number of halogens is 2. The Bertz CT molecular complexity index is 736. The first-order valence-corrected chi connectivity index (χ1v) is 15.2. The van der Waals surface area contributed by atoms with E-state index in [9.17, 15) is 0 Å². The molecular weight excluding hydrogens is 674 g/mol. The van der Waals surface area contributed by atoms with Gasteiger partial charge >= 0.3 is 0 Å². The van der Waals surface area contributed by atoms with Crippen LogP contribution in [0, 0.1) is 7.14 Å². The maximum absolute atomic E-state index is 5.70. The predicted molar refractivity (Wildman–Crippen MR) is 161 cm³/mol. The summed E-state index contributed by atoms with van der Waals surface area (Å²) in [6.45, 7) is 3.69. The third kappa shape index (κ3) is 10.5. The highest BCUT2D eigenvalue weighted by Gasteiger charge is 2.10. The molecule has 0 aliphatic heterocycles. The minimum absolute atomic E-state index is 0.732. The van der Waals surface area contributed by atoms with Crippen LogP contribution in [0.3, 0.4) is 0 Å². The zero-order chi connectivity index (χ0) is 21.8. The maximum atomic E-state index is 5.70. The second-order valence-electron chi connectivity index (χ2n) is 6.63. The van der Waals surface area contributed by atoms with E-state index in [1.54, 1.807) is 0 Å². The van der Waals surface area contributed by atoms with Crippen molar-refractivity contribution in [3.05, 3.63) is 66.8 Å². The van der Waals surface area contributed by atoms with E-state index in [1.807, 2.05) is 21.6 Å². The summed E-state index contributed by atoms with van der Waals surface area (Å²) >= 11 is 16.0. The van der Waals surface area contributed by atoms with E-state index in [0.717, 1.165) is 71.4 Å². The predicted octanol–water partition coefficient (Wildman–Crippen LogP) is 6.45. The van der Waals surface area contributed by atoms with Crippen LogP contribution >= 0.6 is 91.2 Å². The fraction of sp³-hybridized carbons (Fsp3) is 0.364. The zero-order valence-corrected chi connectivity index (χ0v) is 24.3. The summed E-state index contributed by atoms with van der Waals surface area (Å²) in [6.07, 6.45) is 1.79. The first kappa shape index (κ1) is 26.9. The molecule has 8 heteroatoms. The fourth-order valence-electron chi connectivity index (χ4n) is 2.75. The summed E-state index contributed by atoms with van der Waals surface area (Å²) in [7, 11) is 3.75. The normalized spacial score (nSPS) is 11.1. The summed E-state index contributed by atoms with van der Waals surface area (Å²) in [5.74, 6) is 2.08. The number of hydrogen-bond acceptors (Lipinski definition) is 6. The minimum atomic E-state index is 0.732. The van der Waals surface area contributed by atoms with E-state index in [0.29, 0.717) is 0 Å². The van der Waals surface area contributed by atoms with Gasteiger partial charge in [-0.1, -0.05) is 70.3 Å². The van der Waals surface area contributed by atoms with Crippen LogP contribution in [0.5, 0.6) is 0 Å². The van der Waals surface area contributed by atoms with Gasteiger partial charge in [0.1, 0.15) is 0 Å². The van der Waals surface area contributed by atoms with Crippen molar-refractivity contribution in [3.63, 3.8) is 0 Å². The van der Waals surface area contributed by atoms with E-state index in [4.69, 9.17) is 30.2 Å². The van der Waals surface area contributed by atoms with Gasteiger partial charge in [-0.25, -0.2) is 0 Å². The molecule has 30 heavy (non-hydrogen) atoms. The van der Waals surface area contributed by atoms with E-state index in [-0.39, 0.29) is 0 Å². The van der Waals surface area contributed by atoms with Gasteiger partial charge in [0, 0.05) is 54.6 Å². The lowest BCUT2D eigenvalue weighted by atomic mass is 10.1. The smallest absolute Gasteiger partial charge is 0.0237 e. The highest BCUT2D eigenvalue weighted by Crippen LogP contribution is 2.20. The average Bonchev–Trinajstić information content (AvgIpc) is 2.75. The molecule has 0 radical (unpaired) electrons. The molecule has 0 saturated heterocycles. The van der Waals surface area contributed by atoms with Gasteiger partial charge in [0.2, 0.25) is 0 Å². The van der Waals surface area contributed by atoms with Gasteiger partial charge in [-0.2, -0.15) is 0 Å². The first-order valence-electron chi connectivity index (χ1n) is 9.74. The number of thiocarbonyl (C=S) groups is 2. The average molecular weight is 701 g/mol. The SMILES string of the molecule is NCCSSCCN(CCC(=S)c1ccc(I)cc1)CCC(=S)c1ccc(I)cc1. The number of hydrogen-bond donors (Lipinski definition) is 1. The Balaban J connectivity index is 1.88. The van der Waals surface area contributed by atoms with Gasteiger partial charge in [0.15, 0.2) is 0 Å².